The van der Waals surface area contributed by atoms with Crippen LogP contribution in [-0.4, -0.2) is 90.3 Å². The Labute approximate surface area is 509 Å². The van der Waals surface area contributed by atoms with Crippen LogP contribution in [0.3, 0.4) is 0 Å². The molecule has 0 aliphatic heterocycles. The van der Waals surface area contributed by atoms with Gasteiger partial charge in [-0.1, -0.05) is 224 Å². The molecule has 0 unspecified atom stereocenters. The first-order valence-electron chi connectivity index (χ1n) is 30.1. The molecule has 12 heteroatoms. The lowest BCUT2D eigenvalue weighted by Gasteiger charge is -2.02. The predicted molar refractivity (Wildman–Crippen MR) is 347 cm³/mol. The maximum atomic E-state index is 11.5. The lowest BCUT2D eigenvalue weighted by Crippen LogP contribution is -2.03. The number of rotatable bonds is 35. The van der Waals surface area contributed by atoms with Crippen molar-refractivity contribution in [2.75, 3.05) is 60.5 Å². The second kappa shape index (κ2) is 56.5. The van der Waals surface area contributed by atoms with Crippen molar-refractivity contribution in [1.82, 2.24) is 0 Å². The molecule has 460 valence electrons. The van der Waals surface area contributed by atoms with Crippen LogP contribution in [0, 0.1) is 0 Å². The van der Waals surface area contributed by atoms with Crippen LogP contribution in [0.15, 0.2) is 182 Å². The maximum absolute atomic E-state index is 11.5. The summed E-state index contributed by atoms with van der Waals surface area (Å²) in [4.78, 5) is 56.5. The normalized spacial score (nSPS) is 10.6. The van der Waals surface area contributed by atoms with Gasteiger partial charge in [0.15, 0.2) is 0 Å². The van der Waals surface area contributed by atoms with Crippen molar-refractivity contribution >= 4 is 60.2 Å². The van der Waals surface area contributed by atoms with E-state index in [1.165, 1.54) is 62.5 Å². The number of hydrogen-bond acceptors (Lipinski definition) is 12. The zero-order chi connectivity index (χ0) is 61.7. The van der Waals surface area contributed by atoms with Crippen molar-refractivity contribution in [3.8, 4) is 0 Å². The van der Waals surface area contributed by atoms with Gasteiger partial charge in [0.05, 0.1) is 33.0 Å². The summed E-state index contributed by atoms with van der Waals surface area (Å²) in [6.45, 7) is 10.2. The number of benzene rings is 5. The zero-order valence-electron chi connectivity index (χ0n) is 51.4. The molecule has 12 nitrogen and oxygen atoms in total. The van der Waals surface area contributed by atoms with Gasteiger partial charge in [-0.05, 0) is 110 Å². The lowest BCUT2D eigenvalue weighted by molar-refractivity contribution is -0.138. The summed E-state index contributed by atoms with van der Waals surface area (Å²) >= 11 is 0. The Morgan fingerprint density at radius 3 is 0.729 bits per heavy atom. The van der Waals surface area contributed by atoms with Crippen LogP contribution >= 0.6 is 0 Å². The summed E-state index contributed by atoms with van der Waals surface area (Å²) in [5.74, 6) is -1.38. The summed E-state index contributed by atoms with van der Waals surface area (Å²) in [5, 5.41) is 0. The number of hydrogen-bond donors (Lipinski definition) is 0. The first kappa shape index (κ1) is 75.1. The Morgan fingerprint density at radius 1 is 0.259 bits per heavy atom. The number of methoxy groups -OCH3 is 2. The minimum Gasteiger partial charge on any atom is -0.463 e. The molecule has 0 aliphatic carbocycles. The number of unbranched alkanes of at least 4 members (excludes halogenated alkanes) is 11. The van der Waals surface area contributed by atoms with Crippen LogP contribution in [0.1, 0.15) is 151 Å². The topological polar surface area (TPSA) is 150 Å². The van der Waals surface area contributed by atoms with Crippen LogP contribution in [0.2, 0.25) is 0 Å². The molecule has 5 rings (SSSR count). The number of ether oxygens (including phenoxy) is 7. The summed E-state index contributed by atoms with van der Waals surface area (Å²) in [6, 6.07) is 48.5. The molecule has 0 spiro atoms. The fourth-order valence-electron chi connectivity index (χ4n) is 7.03. The standard InChI is InChI=1S/C18H26O2.C16H22O3.C14H18O3.C13H16O2.C12H14O2/c1-2-3-4-5-6-7-11-16-20-18(19)15-14-17-12-9-8-10-13-17;1-18-13-7-2-3-8-14-19-16(17)12-11-15-9-5-4-6-10-15;1-16-11-5-6-12-17-14(15)10-9-13-7-3-2-4-8-13;1-2-3-11-15-13(14)10-9-12-7-5-4-6-8-12;1-2-10-14-12(13)9-8-11-6-4-3-5-7-11/h8-10,12-15H,2-7,11,16H2,1H3;4-6,9-12H,2-3,7-8,13-14H2,1H3;2-4,7-10H,5-6,11-12H2,1H3;4-10H,2-3,11H2,1H3;3-9H,2,10H2,1H3/b15-14+;12-11+;2*10-9+;9-8+. The summed E-state index contributed by atoms with van der Waals surface area (Å²) < 4.78 is 35.0. The van der Waals surface area contributed by atoms with E-state index in [0.29, 0.717) is 39.6 Å². The van der Waals surface area contributed by atoms with Crippen molar-refractivity contribution in [2.45, 2.75) is 124 Å². The SMILES string of the molecule is CCCCCCCCCOC(=O)/C=C/c1ccccc1.CCCCOC(=O)/C=C/c1ccccc1.CCCOC(=O)/C=C/c1ccccc1.COCCCCCCOC(=O)/C=C/c1ccccc1.COCCCCOC(=O)/C=C/c1ccccc1. The van der Waals surface area contributed by atoms with E-state index in [0.717, 1.165) is 105 Å². The highest BCUT2D eigenvalue weighted by atomic mass is 16.5. The smallest absolute Gasteiger partial charge is 0.330 e. The van der Waals surface area contributed by atoms with Crippen LogP contribution in [0.25, 0.3) is 30.4 Å². The van der Waals surface area contributed by atoms with Crippen molar-refractivity contribution < 1.29 is 57.1 Å². The molecule has 0 N–H and O–H groups in total. The molecule has 0 amide bonds. The molecule has 0 saturated carbocycles. The first-order chi connectivity index (χ1) is 41.6. The predicted octanol–water partition coefficient (Wildman–Crippen LogP) is 16.8. The van der Waals surface area contributed by atoms with E-state index in [-0.39, 0.29) is 29.8 Å². The quantitative estimate of drug-likeness (QED) is 0.0164. The second-order valence-corrected chi connectivity index (χ2v) is 19.1. The fourth-order valence-corrected chi connectivity index (χ4v) is 7.03. The van der Waals surface area contributed by atoms with Crippen molar-refractivity contribution in [2.24, 2.45) is 0 Å². The van der Waals surface area contributed by atoms with Crippen LogP contribution in [-0.2, 0) is 57.1 Å². The van der Waals surface area contributed by atoms with Gasteiger partial charge < -0.3 is 33.2 Å². The molecule has 0 heterocycles. The molecule has 0 saturated heterocycles. The molecular formula is C73H96O12. The van der Waals surface area contributed by atoms with Crippen molar-refractivity contribution in [3.05, 3.63) is 210 Å². The van der Waals surface area contributed by atoms with Crippen LogP contribution in [0.5, 0.6) is 0 Å². The first-order valence-corrected chi connectivity index (χ1v) is 30.1. The molecular weight excluding hydrogens is 1070 g/mol. The Bertz CT molecular complexity index is 2540. The van der Waals surface area contributed by atoms with Gasteiger partial charge in [0.1, 0.15) is 0 Å². The highest BCUT2D eigenvalue weighted by molar-refractivity contribution is 5.89. The third kappa shape index (κ3) is 49.2. The zero-order valence-corrected chi connectivity index (χ0v) is 51.4. The van der Waals surface area contributed by atoms with E-state index in [2.05, 4.69) is 13.8 Å². The minimum atomic E-state index is -0.300. The molecule has 0 fully saturated rings. The Morgan fingerprint density at radius 2 is 0.471 bits per heavy atom. The van der Waals surface area contributed by atoms with Gasteiger partial charge in [0.2, 0.25) is 0 Å². The molecule has 0 aliphatic rings. The number of carbonyl (C=O) groups excluding carboxylic acids is 5. The minimum absolute atomic E-state index is 0.250. The van der Waals surface area contributed by atoms with Crippen LogP contribution < -0.4 is 0 Å². The molecule has 0 radical (unpaired) electrons. The maximum Gasteiger partial charge on any atom is 0.330 e. The van der Waals surface area contributed by atoms with Gasteiger partial charge in [-0.3, -0.25) is 0 Å². The van der Waals surface area contributed by atoms with Gasteiger partial charge in [0.25, 0.3) is 0 Å². The van der Waals surface area contributed by atoms with Gasteiger partial charge in [0, 0.05) is 57.8 Å². The van der Waals surface area contributed by atoms with E-state index in [4.69, 9.17) is 33.2 Å². The third-order valence-corrected chi connectivity index (χ3v) is 11.7. The molecule has 0 bridgehead atoms. The van der Waals surface area contributed by atoms with Gasteiger partial charge in [-0.15, -0.1) is 0 Å². The Kier molecular flexibility index (Phi) is 49.9. The molecule has 0 atom stereocenters. The second-order valence-electron chi connectivity index (χ2n) is 19.1. The molecule has 85 heavy (non-hydrogen) atoms. The summed E-state index contributed by atoms with van der Waals surface area (Å²) in [5.41, 5.74) is 5.01. The molecule has 5 aromatic rings. The van der Waals surface area contributed by atoms with E-state index in [1.54, 1.807) is 44.6 Å². The number of carbonyl (C=O) groups is 5. The average Bonchev–Trinajstić information content (AvgIpc) is 3.57. The summed E-state index contributed by atoms with van der Waals surface area (Å²) in [7, 11) is 3.37. The van der Waals surface area contributed by atoms with Crippen molar-refractivity contribution in [1.29, 1.82) is 0 Å². The van der Waals surface area contributed by atoms with Gasteiger partial charge in [-0.25, -0.2) is 24.0 Å². The summed E-state index contributed by atoms with van der Waals surface area (Å²) in [6.07, 6.45) is 33.5. The fraction of sp³-hybridized carbons (Fsp3) is 0.384. The monoisotopic (exact) mass is 1160 g/mol. The van der Waals surface area contributed by atoms with E-state index in [9.17, 15) is 24.0 Å². The number of esters is 5. The molecule has 5 aromatic carbocycles. The van der Waals surface area contributed by atoms with E-state index < -0.39 is 0 Å². The average molecular weight is 1170 g/mol. The van der Waals surface area contributed by atoms with Gasteiger partial charge in [-0.2, -0.15) is 0 Å². The van der Waals surface area contributed by atoms with E-state index in [1.807, 2.05) is 159 Å². The largest absolute Gasteiger partial charge is 0.463 e. The Hall–Kier alpha value is -7.93. The molecule has 0 aromatic heterocycles. The van der Waals surface area contributed by atoms with E-state index >= 15 is 0 Å². The Balaban J connectivity index is 0.000000534. The third-order valence-electron chi connectivity index (χ3n) is 11.7. The highest BCUT2D eigenvalue weighted by Crippen LogP contribution is 2.09. The van der Waals surface area contributed by atoms with Crippen LogP contribution in [0.4, 0.5) is 0 Å². The highest BCUT2D eigenvalue weighted by Gasteiger charge is 2.01. The van der Waals surface area contributed by atoms with Gasteiger partial charge >= 0.3 is 29.8 Å². The van der Waals surface area contributed by atoms with Crippen molar-refractivity contribution in [3.63, 3.8) is 0 Å². The lowest BCUT2D eigenvalue weighted by atomic mass is 10.1.